The van der Waals surface area contributed by atoms with E-state index < -0.39 is 0 Å². The molecule has 2 saturated heterocycles. The summed E-state index contributed by atoms with van der Waals surface area (Å²) in [4.78, 5) is 19.2. The Balaban J connectivity index is 1.45. The van der Waals surface area contributed by atoms with Gasteiger partial charge in [-0.15, -0.1) is 0 Å². The number of aromatic nitrogens is 3. The molecular weight excluding hydrogens is 346 g/mol. The predicted molar refractivity (Wildman–Crippen MR) is 113 cm³/mol. The lowest BCUT2D eigenvalue weighted by Crippen LogP contribution is -2.46. The molecule has 144 valence electrons. The Bertz CT molecular complexity index is 950. The van der Waals surface area contributed by atoms with Crippen molar-refractivity contribution in [2.75, 3.05) is 24.5 Å². The second kappa shape index (κ2) is 7.47. The Hall–Kier alpha value is -2.53. The number of para-hydroxylation sites is 1. The van der Waals surface area contributed by atoms with E-state index >= 15 is 0 Å². The molecule has 1 aromatic carbocycles. The van der Waals surface area contributed by atoms with Crippen LogP contribution in [0.3, 0.4) is 0 Å². The van der Waals surface area contributed by atoms with E-state index in [1.54, 1.807) is 6.20 Å². The Morgan fingerprint density at radius 1 is 0.929 bits per heavy atom. The van der Waals surface area contributed by atoms with E-state index in [4.69, 9.17) is 9.97 Å². The monoisotopic (exact) mass is 373 g/mol. The summed E-state index contributed by atoms with van der Waals surface area (Å²) in [6, 6.07) is 13.8. The van der Waals surface area contributed by atoms with Crippen LogP contribution >= 0.6 is 0 Å². The largest absolute Gasteiger partial charge is 0.356 e. The van der Waals surface area contributed by atoms with Crippen LogP contribution in [-0.4, -0.2) is 51.6 Å². The third kappa shape index (κ3) is 3.24. The number of pyridine rings is 1. The molecule has 1 unspecified atom stereocenters. The predicted octanol–water partition coefficient (Wildman–Crippen LogP) is 4.14. The Morgan fingerprint density at radius 3 is 2.54 bits per heavy atom. The van der Waals surface area contributed by atoms with Crippen LogP contribution in [0.2, 0.25) is 0 Å². The number of rotatable bonds is 3. The first kappa shape index (κ1) is 17.6. The minimum absolute atomic E-state index is 0.722. The molecule has 0 N–H and O–H groups in total. The summed E-state index contributed by atoms with van der Waals surface area (Å²) in [7, 11) is 0. The molecule has 0 bridgehead atoms. The van der Waals surface area contributed by atoms with Gasteiger partial charge in [-0.2, -0.15) is 0 Å². The van der Waals surface area contributed by atoms with E-state index in [0.717, 1.165) is 53.3 Å². The summed E-state index contributed by atoms with van der Waals surface area (Å²) < 4.78 is 0. The van der Waals surface area contributed by atoms with Gasteiger partial charge in [0.25, 0.3) is 0 Å². The zero-order chi connectivity index (χ0) is 18.9. The van der Waals surface area contributed by atoms with Crippen molar-refractivity contribution in [3.8, 4) is 11.4 Å². The van der Waals surface area contributed by atoms with Crippen LogP contribution in [0, 0.1) is 0 Å². The molecule has 28 heavy (non-hydrogen) atoms. The molecule has 2 aliphatic rings. The fraction of sp³-hybridized carbons (Fsp3) is 0.435. The number of fused-ring (bicyclic) bond motifs is 1. The molecule has 0 aliphatic carbocycles. The third-order valence-corrected chi connectivity index (χ3v) is 6.34. The highest BCUT2D eigenvalue weighted by Crippen LogP contribution is 2.31. The van der Waals surface area contributed by atoms with Crippen molar-refractivity contribution < 1.29 is 0 Å². The second-order valence-corrected chi connectivity index (χ2v) is 8.08. The molecule has 0 amide bonds. The lowest BCUT2D eigenvalue weighted by atomic mass is 10.0. The van der Waals surface area contributed by atoms with Crippen LogP contribution < -0.4 is 4.90 Å². The summed E-state index contributed by atoms with van der Waals surface area (Å²) in [6.45, 7) is 5.77. The maximum atomic E-state index is 4.99. The van der Waals surface area contributed by atoms with Crippen molar-refractivity contribution in [1.29, 1.82) is 0 Å². The molecule has 1 atom stereocenters. The molecule has 4 heterocycles. The van der Waals surface area contributed by atoms with Crippen molar-refractivity contribution in [3.05, 3.63) is 48.8 Å². The van der Waals surface area contributed by atoms with Gasteiger partial charge in [0, 0.05) is 48.5 Å². The van der Waals surface area contributed by atoms with E-state index in [1.807, 2.05) is 24.4 Å². The van der Waals surface area contributed by atoms with Crippen molar-refractivity contribution in [1.82, 2.24) is 19.9 Å². The van der Waals surface area contributed by atoms with Crippen LogP contribution in [0.15, 0.2) is 48.8 Å². The molecule has 3 aromatic rings. The van der Waals surface area contributed by atoms with Crippen LogP contribution in [0.5, 0.6) is 0 Å². The van der Waals surface area contributed by atoms with Crippen molar-refractivity contribution >= 4 is 16.7 Å². The number of benzene rings is 1. The lowest BCUT2D eigenvalue weighted by Gasteiger charge is -2.39. The maximum Gasteiger partial charge on any atom is 0.163 e. The van der Waals surface area contributed by atoms with Crippen LogP contribution in [-0.2, 0) is 0 Å². The molecule has 5 heteroatoms. The molecule has 0 spiro atoms. The Labute approximate surface area is 166 Å². The summed E-state index contributed by atoms with van der Waals surface area (Å²) >= 11 is 0. The first-order valence-electron chi connectivity index (χ1n) is 10.5. The van der Waals surface area contributed by atoms with Gasteiger partial charge >= 0.3 is 0 Å². The summed E-state index contributed by atoms with van der Waals surface area (Å²) in [5, 5.41) is 1.14. The first-order chi connectivity index (χ1) is 13.8. The molecule has 2 aliphatic heterocycles. The van der Waals surface area contributed by atoms with E-state index in [9.17, 15) is 0 Å². The molecule has 2 aromatic heterocycles. The SMILES string of the molecule is CC1CCCN1C1CCN(c2nc(-c3cccnc3)nc3ccccc23)CC1. The Kier molecular flexibility index (Phi) is 4.69. The van der Waals surface area contributed by atoms with Crippen molar-refractivity contribution in [2.24, 2.45) is 0 Å². The van der Waals surface area contributed by atoms with Gasteiger partial charge in [0.05, 0.1) is 5.52 Å². The van der Waals surface area contributed by atoms with Gasteiger partial charge in [-0.25, -0.2) is 9.97 Å². The number of likely N-dealkylation sites (tertiary alicyclic amines) is 1. The van der Waals surface area contributed by atoms with Crippen LogP contribution in [0.25, 0.3) is 22.3 Å². The second-order valence-electron chi connectivity index (χ2n) is 8.08. The minimum Gasteiger partial charge on any atom is -0.356 e. The number of piperidine rings is 1. The van der Waals surface area contributed by atoms with Crippen LogP contribution in [0.4, 0.5) is 5.82 Å². The van der Waals surface area contributed by atoms with Gasteiger partial charge in [0.15, 0.2) is 5.82 Å². The minimum atomic E-state index is 0.722. The molecule has 0 saturated carbocycles. The summed E-state index contributed by atoms with van der Waals surface area (Å²) in [5.74, 6) is 1.83. The smallest absolute Gasteiger partial charge is 0.163 e. The van der Waals surface area contributed by atoms with Crippen molar-refractivity contribution in [2.45, 2.75) is 44.7 Å². The molecule has 5 nitrogen and oxygen atoms in total. The fourth-order valence-electron chi connectivity index (χ4n) is 4.83. The van der Waals surface area contributed by atoms with Gasteiger partial charge < -0.3 is 4.90 Å². The quantitative estimate of drug-likeness (QED) is 0.690. The third-order valence-electron chi connectivity index (χ3n) is 6.34. The standard InChI is InChI=1S/C23H27N5/c1-17-6-5-13-28(17)19-10-14-27(15-11-19)23-20-8-2-3-9-21(20)25-22(26-23)18-7-4-12-24-16-18/h2-4,7-9,12,16-17,19H,5-6,10-11,13-15H2,1H3. The summed E-state index contributed by atoms with van der Waals surface area (Å²) in [6.07, 6.45) is 8.76. The molecule has 5 rings (SSSR count). The maximum absolute atomic E-state index is 4.99. The first-order valence-corrected chi connectivity index (χ1v) is 10.5. The zero-order valence-electron chi connectivity index (χ0n) is 16.5. The van der Waals surface area contributed by atoms with E-state index in [1.165, 1.54) is 32.2 Å². The lowest BCUT2D eigenvalue weighted by molar-refractivity contribution is 0.163. The fourth-order valence-corrected chi connectivity index (χ4v) is 4.83. The number of nitrogens with zero attached hydrogens (tertiary/aromatic N) is 5. The average Bonchev–Trinajstić information content (AvgIpc) is 3.19. The van der Waals surface area contributed by atoms with Gasteiger partial charge in [-0.1, -0.05) is 12.1 Å². The van der Waals surface area contributed by atoms with Gasteiger partial charge in [0.2, 0.25) is 0 Å². The Morgan fingerprint density at radius 2 is 1.79 bits per heavy atom. The van der Waals surface area contributed by atoms with Crippen molar-refractivity contribution in [3.63, 3.8) is 0 Å². The highest BCUT2D eigenvalue weighted by Gasteiger charge is 2.31. The van der Waals surface area contributed by atoms with E-state index in [-0.39, 0.29) is 0 Å². The highest BCUT2D eigenvalue weighted by molar-refractivity contribution is 5.91. The zero-order valence-corrected chi connectivity index (χ0v) is 16.5. The number of hydrogen-bond acceptors (Lipinski definition) is 5. The van der Waals surface area contributed by atoms with E-state index in [2.05, 4.69) is 39.9 Å². The average molecular weight is 374 g/mol. The molecule has 2 fully saturated rings. The van der Waals surface area contributed by atoms with Gasteiger partial charge in [-0.05, 0) is 63.4 Å². The normalized spacial score (nSPS) is 21.5. The molecular formula is C23H27N5. The topological polar surface area (TPSA) is 45.2 Å². The van der Waals surface area contributed by atoms with Gasteiger partial charge in [0.1, 0.15) is 5.82 Å². The van der Waals surface area contributed by atoms with E-state index in [0.29, 0.717) is 0 Å². The summed E-state index contributed by atoms with van der Waals surface area (Å²) in [5.41, 5.74) is 1.97. The number of hydrogen-bond donors (Lipinski definition) is 0. The molecule has 0 radical (unpaired) electrons. The highest BCUT2D eigenvalue weighted by atomic mass is 15.3. The van der Waals surface area contributed by atoms with Crippen LogP contribution in [0.1, 0.15) is 32.6 Å². The number of anilines is 1. The van der Waals surface area contributed by atoms with Gasteiger partial charge in [-0.3, -0.25) is 9.88 Å².